The van der Waals surface area contributed by atoms with Gasteiger partial charge in [-0.2, -0.15) is 0 Å². The van der Waals surface area contributed by atoms with Gasteiger partial charge in [0, 0.05) is 13.1 Å². The predicted molar refractivity (Wildman–Crippen MR) is 99.2 cm³/mol. The van der Waals surface area contributed by atoms with Gasteiger partial charge < -0.3 is 20.1 Å². The van der Waals surface area contributed by atoms with E-state index in [4.69, 9.17) is 9.47 Å². The van der Waals surface area contributed by atoms with E-state index < -0.39 is 11.8 Å². The van der Waals surface area contributed by atoms with E-state index in [-0.39, 0.29) is 6.54 Å². The van der Waals surface area contributed by atoms with Gasteiger partial charge >= 0.3 is 11.8 Å². The Morgan fingerprint density at radius 1 is 0.846 bits per heavy atom. The van der Waals surface area contributed by atoms with E-state index in [0.717, 1.165) is 22.6 Å². The molecule has 2 aromatic carbocycles. The van der Waals surface area contributed by atoms with Crippen molar-refractivity contribution >= 4 is 11.8 Å². The first-order valence-corrected chi connectivity index (χ1v) is 8.53. The average molecular weight is 356 g/mol. The van der Waals surface area contributed by atoms with E-state index in [1.807, 2.05) is 55.5 Å². The van der Waals surface area contributed by atoms with Crippen LogP contribution in [0.4, 0.5) is 0 Å². The molecule has 0 unspecified atom stereocenters. The highest BCUT2D eigenvalue weighted by Gasteiger charge is 2.12. The Bertz CT molecular complexity index is 712. The summed E-state index contributed by atoms with van der Waals surface area (Å²) in [5, 5.41) is 5.23. The lowest BCUT2D eigenvalue weighted by molar-refractivity contribution is -0.139. The lowest BCUT2D eigenvalue weighted by Gasteiger charge is -2.08. The molecule has 0 heterocycles. The molecule has 0 aliphatic carbocycles. The summed E-state index contributed by atoms with van der Waals surface area (Å²) in [7, 11) is 1.61. The molecule has 0 fully saturated rings. The lowest BCUT2D eigenvalue weighted by atomic mass is 10.1. The maximum atomic E-state index is 11.8. The van der Waals surface area contributed by atoms with Gasteiger partial charge in [0.25, 0.3) is 0 Å². The molecule has 0 saturated carbocycles. The minimum absolute atomic E-state index is 0.289. The molecule has 2 amide bonds. The first-order valence-electron chi connectivity index (χ1n) is 8.53. The minimum Gasteiger partial charge on any atom is -0.497 e. The number of nitrogens with one attached hydrogen (secondary N) is 2. The van der Waals surface area contributed by atoms with Crippen molar-refractivity contribution in [1.29, 1.82) is 0 Å². The predicted octanol–water partition coefficient (Wildman–Crippen LogP) is 2.07. The van der Waals surface area contributed by atoms with Crippen LogP contribution in [0, 0.1) is 0 Å². The molecule has 6 nitrogen and oxygen atoms in total. The number of carbonyl (C=O) groups is 2. The Morgan fingerprint density at radius 3 is 2.04 bits per heavy atom. The highest BCUT2D eigenvalue weighted by molar-refractivity contribution is 6.35. The Labute approximate surface area is 153 Å². The molecule has 2 rings (SSSR count). The zero-order valence-electron chi connectivity index (χ0n) is 15.1. The molecule has 0 atom stereocenters. The van der Waals surface area contributed by atoms with Gasteiger partial charge in [-0.1, -0.05) is 24.3 Å². The number of benzene rings is 2. The standard InChI is InChI=1S/C20H24N2O4/c1-3-26-18-10-6-16(7-11-18)14-22-20(24)19(23)21-13-12-15-4-8-17(25-2)9-5-15/h4-11H,3,12-14H2,1-2H3,(H,21,23)(H,22,24). The van der Waals surface area contributed by atoms with Crippen molar-refractivity contribution in [2.45, 2.75) is 19.9 Å². The van der Waals surface area contributed by atoms with Gasteiger partial charge in [0.1, 0.15) is 11.5 Å². The summed E-state index contributed by atoms with van der Waals surface area (Å²) in [4.78, 5) is 23.7. The number of hydrogen-bond acceptors (Lipinski definition) is 4. The van der Waals surface area contributed by atoms with Crippen LogP contribution in [0.5, 0.6) is 11.5 Å². The molecule has 0 bridgehead atoms. The monoisotopic (exact) mass is 356 g/mol. The minimum atomic E-state index is -0.645. The molecule has 2 aromatic rings. The smallest absolute Gasteiger partial charge is 0.309 e. The van der Waals surface area contributed by atoms with Crippen molar-refractivity contribution in [2.24, 2.45) is 0 Å². The molecule has 2 N–H and O–H groups in total. The van der Waals surface area contributed by atoms with Crippen LogP contribution in [0.15, 0.2) is 48.5 Å². The van der Waals surface area contributed by atoms with Gasteiger partial charge in [-0.3, -0.25) is 9.59 Å². The van der Waals surface area contributed by atoms with Crippen molar-refractivity contribution in [3.05, 3.63) is 59.7 Å². The number of ether oxygens (including phenoxy) is 2. The zero-order chi connectivity index (χ0) is 18.8. The second-order valence-corrected chi connectivity index (χ2v) is 5.61. The number of amides is 2. The molecule has 0 aliphatic rings. The molecular weight excluding hydrogens is 332 g/mol. The van der Waals surface area contributed by atoms with E-state index in [1.165, 1.54) is 0 Å². The summed E-state index contributed by atoms with van der Waals surface area (Å²) < 4.78 is 10.5. The van der Waals surface area contributed by atoms with Gasteiger partial charge in [-0.05, 0) is 48.7 Å². The summed E-state index contributed by atoms with van der Waals surface area (Å²) in [6, 6.07) is 15.0. The van der Waals surface area contributed by atoms with Crippen molar-refractivity contribution in [2.75, 3.05) is 20.3 Å². The average Bonchev–Trinajstić information content (AvgIpc) is 2.68. The van der Waals surface area contributed by atoms with Crippen molar-refractivity contribution in [3.63, 3.8) is 0 Å². The van der Waals surface area contributed by atoms with Crippen LogP contribution >= 0.6 is 0 Å². The molecule has 0 aliphatic heterocycles. The van der Waals surface area contributed by atoms with Gasteiger partial charge in [0.15, 0.2) is 0 Å². The van der Waals surface area contributed by atoms with Gasteiger partial charge in [-0.15, -0.1) is 0 Å². The first kappa shape index (κ1) is 19.3. The molecule has 26 heavy (non-hydrogen) atoms. The van der Waals surface area contributed by atoms with E-state index in [9.17, 15) is 9.59 Å². The van der Waals surface area contributed by atoms with Gasteiger partial charge in [0.2, 0.25) is 0 Å². The second kappa shape index (κ2) is 10.1. The van der Waals surface area contributed by atoms with Crippen molar-refractivity contribution in [1.82, 2.24) is 10.6 Å². The van der Waals surface area contributed by atoms with Crippen LogP contribution in [-0.2, 0) is 22.6 Å². The maximum absolute atomic E-state index is 11.8. The Hall–Kier alpha value is -3.02. The number of methoxy groups -OCH3 is 1. The Morgan fingerprint density at radius 2 is 1.42 bits per heavy atom. The van der Waals surface area contributed by atoms with Crippen LogP contribution in [0.3, 0.4) is 0 Å². The second-order valence-electron chi connectivity index (χ2n) is 5.61. The highest BCUT2D eigenvalue weighted by Crippen LogP contribution is 2.12. The highest BCUT2D eigenvalue weighted by atomic mass is 16.5. The summed E-state index contributed by atoms with van der Waals surface area (Å²) in [6.07, 6.45) is 0.641. The maximum Gasteiger partial charge on any atom is 0.309 e. The summed E-state index contributed by atoms with van der Waals surface area (Å²) in [5.74, 6) is 0.281. The largest absolute Gasteiger partial charge is 0.497 e. The molecular formula is C20H24N2O4. The van der Waals surface area contributed by atoms with Crippen molar-refractivity contribution in [3.8, 4) is 11.5 Å². The molecule has 0 radical (unpaired) electrons. The summed E-state index contributed by atoms with van der Waals surface area (Å²) in [5.41, 5.74) is 1.95. The zero-order valence-corrected chi connectivity index (χ0v) is 15.1. The number of carbonyl (C=O) groups excluding carboxylic acids is 2. The topological polar surface area (TPSA) is 76.7 Å². The van der Waals surface area contributed by atoms with Gasteiger partial charge in [-0.25, -0.2) is 0 Å². The van der Waals surface area contributed by atoms with E-state index in [0.29, 0.717) is 19.6 Å². The van der Waals surface area contributed by atoms with Crippen LogP contribution in [0.1, 0.15) is 18.1 Å². The van der Waals surface area contributed by atoms with Crippen molar-refractivity contribution < 1.29 is 19.1 Å². The fourth-order valence-corrected chi connectivity index (χ4v) is 2.33. The third-order valence-corrected chi connectivity index (χ3v) is 3.75. The van der Waals surface area contributed by atoms with E-state index in [2.05, 4.69) is 10.6 Å². The normalized spacial score (nSPS) is 10.1. The SMILES string of the molecule is CCOc1ccc(CNC(=O)C(=O)NCCc2ccc(OC)cc2)cc1. The first-order chi connectivity index (χ1) is 12.6. The Balaban J connectivity index is 1.70. The number of rotatable bonds is 8. The van der Waals surface area contributed by atoms with Gasteiger partial charge in [0.05, 0.1) is 13.7 Å². The van der Waals surface area contributed by atoms with Crippen LogP contribution < -0.4 is 20.1 Å². The summed E-state index contributed by atoms with van der Waals surface area (Å²) in [6.45, 7) is 3.20. The molecule has 0 spiro atoms. The molecule has 138 valence electrons. The van der Waals surface area contributed by atoms with E-state index in [1.54, 1.807) is 7.11 Å². The fraction of sp³-hybridized carbons (Fsp3) is 0.300. The van der Waals surface area contributed by atoms with E-state index >= 15 is 0 Å². The van der Waals surface area contributed by atoms with Crippen LogP contribution in [0.2, 0.25) is 0 Å². The quantitative estimate of drug-likeness (QED) is 0.710. The van der Waals surface area contributed by atoms with Crippen LogP contribution in [0.25, 0.3) is 0 Å². The molecule has 6 heteroatoms. The summed E-state index contributed by atoms with van der Waals surface area (Å²) >= 11 is 0. The molecule has 0 saturated heterocycles. The third-order valence-electron chi connectivity index (χ3n) is 3.75. The lowest BCUT2D eigenvalue weighted by Crippen LogP contribution is -2.40. The molecule has 0 aromatic heterocycles. The third kappa shape index (κ3) is 6.12. The number of hydrogen-bond donors (Lipinski definition) is 2. The van der Waals surface area contributed by atoms with Crippen LogP contribution in [-0.4, -0.2) is 32.1 Å². The Kier molecular flexibility index (Phi) is 7.49. The fourth-order valence-electron chi connectivity index (χ4n) is 2.33.